The summed E-state index contributed by atoms with van der Waals surface area (Å²) >= 11 is 1.36. The van der Waals surface area contributed by atoms with Crippen LogP contribution >= 0.6 is 11.8 Å². The second kappa shape index (κ2) is 9.23. The van der Waals surface area contributed by atoms with E-state index in [2.05, 4.69) is 21.8 Å². The molecule has 142 valence electrons. The van der Waals surface area contributed by atoms with Crippen LogP contribution in [0.5, 0.6) is 0 Å². The number of Topliss-reactive ketones (excluding diaryl/α,β-unsaturated/α-hetero) is 2. The first-order valence-corrected chi connectivity index (χ1v) is 9.76. The number of carbonyl (C=O) groups excluding carboxylic acids is 2. The number of hydrogen-bond acceptors (Lipinski definition) is 6. The number of pyridine rings is 1. The maximum Gasteiger partial charge on any atom is 0.192 e. The molecule has 0 aliphatic heterocycles. The lowest BCUT2D eigenvalue weighted by Gasteiger charge is -2.07. The van der Waals surface area contributed by atoms with Crippen molar-refractivity contribution in [3.63, 3.8) is 0 Å². The number of rotatable bonds is 9. The van der Waals surface area contributed by atoms with Crippen molar-refractivity contribution < 1.29 is 9.59 Å². The number of aromatic nitrogens is 4. The summed E-state index contributed by atoms with van der Waals surface area (Å²) in [6, 6.07) is 10.9. The van der Waals surface area contributed by atoms with Gasteiger partial charge in [-0.05, 0) is 24.6 Å². The molecule has 28 heavy (non-hydrogen) atoms. The van der Waals surface area contributed by atoms with E-state index in [9.17, 15) is 9.59 Å². The Balaban J connectivity index is 1.66. The summed E-state index contributed by atoms with van der Waals surface area (Å²) in [6.45, 7) is 5.86. The summed E-state index contributed by atoms with van der Waals surface area (Å²) in [7, 11) is 0. The average Bonchev–Trinajstić information content (AvgIpc) is 3.10. The third kappa shape index (κ3) is 4.80. The predicted octanol–water partition coefficient (Wildman–Crippen LogP) is 3.63. The molecule has 0 radical (unpaired) electrons. The molecule has 6 nitrogen and oxygen atoms in total. The molecule has 0 atom stereocenters. The molecule has 0 saturated heterocycles. The van der Waals surface area contributed by atoms with Crippen molar-refractivity contribution in [2.45, 2.75) is 25.0 Å². The van der Waals surface area contributed by atoms with Crippen LogP contribution in [0.15, 0.2) is 66.6 Å². The Hall–Kier alpha value is -3.06. The van der Waals surface area contributed by atoms with Crippen LogP contribution in [0.1, 0.15) is 22.8 Å². The van der Waals surface area contributed by atoms with Gasteiger partial charge in [-0.2, -0.15) is 0 Å². The van der Waals surface area contributed by atoms with E-state index in [1.54, 1.807) is 30.6 Å². The molecule has 1 aromatic carbocycles. The molecule has 0 fully saturated rings. The summed E-state index contributed by atoms with van der Waals surface area (Å²) < 4.78 is 1.92. The highest BCUT2D eigenvalue weighted by atomic mass is 32.2. The van der Waals surface area contributed by atoms with Gasteiger partial charge in [0.1, 0.15) is 5.78 Å². The minimum Gasteiger partial charge on any atom is -0.298 e. The number of ketones is 2. The first-order chi connectivity index (χ1) is 13.6. The monoisotopic (exact) mass is 392 g/mol. The second-order valence-corrected chi connectivity index (χ2v) is 7.15. The molecular formula is C21H20N4O2S. The SMILES string of the molecule is C=CCn1c(SCC(=O)Cc2ccc(C(C)=O)cc2)nnc1-c1cccnc1. The Morgan fingerprint density at radius 1 is 1.18 bits per heavy atom. The molecule has 2 aromatic heterocycles. The van der Waals surface area contributed by atoms with Gasteiger partial charge < -0.3 is 0 Å². The molecule has 3 rings (SSSR count). The average molecular weight is 392 g/mol. The lowest BCUT2D eigenvalue weighted by atomic mass is 10.1. The minimum absolute atomic E-state index is 0.0133. The molecule has 0 aliphatic rings. The lowest BCUT2D eigenvalue weighted by Crippen LogP contribution is -2.08. The molecule has 2 heterocycles. The van der Waals surface area contributed by atoms with Crippen molar-refractivity contribution in [1.82, 2.24) is 19.7 Å². The van der Waals surface area contributed by atoms with Gasteiger partial charge >= 0.3 is 0 Å². The van der Waals surface area contributed by atoms with Crippen molar-refractivity contribution in [3.05, 3.63) is 72.6 Å². The molecule has 3 aromatic rings. The molecule has 0 unspecified atom stereocenters. The minimum atomic E-state index is 0.0133. The maximum atomic E-state index is 12.4. The summed E-state index contributed by atoms with van der Waals surface area (Å²) in [5.41, 5.74) is 2.39. The summed E-state index contributed by atoms with van der Waals surface area (Å²) in [6.07, 6.45) is 5.52. The Labute approximate surface area is 167 Å². The van der Waals surface area contributed by atoms with E-state index < -0.39 is 0 Å². The molecule has 0 N–H and O–H groups in total. The summed E-state index contributed by atoms with van der Waals surface area (Å²) in [5.74, 6) is 1.08. The second-order valence-electron chi connectivity index (χ2n) is 6.20. The maximum absolute atomic E-state index is 12.4. The zero-order valence-electron chi connectivity index (χ0n) is 15.5. The largest absolute Gasteiger partial charge is 0.298 e. The van der Waals surface area contributed by atoms with Crippen LogP contribution in [0, 0.1) is 0 Å². The third-order valence-corrected chi connectivity index (χ3v) is 5.10. The lowest BCUT2D eigenvalue weighted by molar-refractivity contribution is -0.116. The van der Waals surface area contributed by atoms with Gasteiger partial charge in [0.05, 0.1) is 5.75 Å². The number of nitrogens with zero attached hydrogens (tertiary/aromatic N) is 4. The van der Waals surface area contributed by atoms with Crippen LogP contribution in [0.4, 0.5) is 0 Å². The first-order valence-electron chi connectivity index (χ1n) is 8.77. The molecule has 0 aliphatic carbocycles. The van der Waals surface area contributed by atoms with Crippen molar-refractivity contribution in [3.8, 4) is 11.4 Å². The Bertz CT molecular complexity index is 981. The zero-order valence-corrected chi connectivity index (χ0v) is 16.4. The molecule has 0 saturated carbocycles. The molecule has 0 bridgehead atoms. The standard InChI is InChI=1S/C21H20N4O2S/c1-3-11-25-20(18-5-4-10-22-13-18)23-24-21(25)28-14-19(27)12-16-6-8-17(9-7-16)15(2)26/h3-10,13H,1,11-12,14H2,2H3. The van der Waals surface area contributed by atoms with Crippen LogP contribution in [-0.4, -0.2) is 37.1 Å². The number of benzene rings is 1. The van der Waals surface area contributed by atoms with E-state index in [4.69, 9.17) is 0 Å². The molecular weight excluding hydrogens is 372 g/mol. The quantitative estimate of drug-likeness (QED) is 0.314. The van der Waals surface area contributed by atoms with Crippen LogP contribution in [0.25, 0.3) is 11.4 Å². The van der Waals surface area contributed by atoms with Crippen LogP contribution in [-0.2, 0) is 17.8 Å². The summed E-state index contributed by atoms with van der Waals surface area (Å²) in [5, 5.41) is 9.15. The van der Waals surface area contributed by atoms with E-state index in [1.165, 1.54) is 18.7 Å². The number of carbonyl (C=O) groups is 2. The Morgan fingerprint density at radius 2 is 1.96 bits per heavy atom. The van der Waals surface area contributed by atoms with Crippen molar-refractivity contribution in [2.24, 2.45) is 0 Å². The number of thioether (sulfide) groups is 1. The predicted molar refractivity (Wildman–Crippen MR) is 109 cm³/mol. The van der Waals surface area contributed by atoms with Gasteiger partial charge in [-0.3, -0.25) is 19.1 Å². The normalized spacial score (nSPS) is 10.6. The van der Waals surface area contributed by atoms with Gasteiger partial charge in [-0.15, -0.1) is 16.8 Å². The summed E-state index contributed by atoms with van der Waals surface area (Å²) in [4.78, 5) is 27.8. The van der Waals surface area contributed by atoms with Crippen molar-refractivity contribution in [1.29, 1.82) is 0 Å². The van der Waals surface area contributed by atoms with E-state index >= 15 is 0 Å². The highest BCUT2D eigenvalue weighted by Gasteiger charge is 2.15. The van der Waals surface area contributed by atoms with Gasteiger partial charge in [0.25, 0.3) is 0 Å². The Kier molecular flexibility index (Phi) is 6.49. The smallest absolute Gasteiger partial charge is 0.192 e. The highest BCUT2D eigenvalue weighted by Crippen LogP contribution is 2.23. The van der Waals surface area contributed by atoms with Crippen LogP contribution in [0.2, 0.25) is 0 Å². The molecule has 0 spiro atoms. The fourth-order valence-corrected chi connectivity index (χ4v) is 3.49. The van der Waals surface area contributed by atoms with E-state index in [1.807, 2.05) is 28.8 Å². The van der Waals surface area contributed by atoms with Gasteiger partial charge in [0, 0.05) is 36.5 Å². The van der Waals surface area contributed by atoms with E-state index in [0.29, 0.717) is 29.5 Å². The van der Waals surface area contributed by atoms with Crippen LogP contribution < -0.4 is 0 Å². The molecule has 7 heteroatoms. The van der Waals surface area contributed by atoms with E-state index in [-0.39, 0.29) is 17.3 Å². The fourth-order valence-electron chi connectivity index (χ4n) is 2.68. The van der Waals surface area contributed by atoms with Gasteiger partial charge in [-0.25, -0.2) is 0 Å². The number of allylic oxidation sites excluding steroid dienone is 1. The van der Waals surface area contributed by atoms with Gasteiger partial charge in [0.15, 0.2) is 16.8 Å². The topological polar surface area (TPSA) is 77.7 Å². The van der Waals surface area contributed by atoms with Crippen molar-refractivity contribution in [2.75, 3.05) is 5.75 Å². The van der Waals surface area contributed by atoms with Gasteiger partial charge in [-0.1, -0.05) is 42.1 Å². The van der Waals surface area contributed by atoms with E-state index in [0.717, 1.165) is 11.1 Å². The molecule has 0 amide bonds. The van der Waals surface area contributed by atoms with Crippen molar-refractivity contribution >= 4 is 23.3 Å². The zero-order chi connectivity index (χ0) is 19.9. The van der Waals surface area contributed by atoms with Gasteiger partial charge in [0.2, 0.25) is 0 Å². The third-order valence-electron chi connectivity index (χ3n) is 4.07. The first kappa shape index (κ1) is 19.7. The number of hydrogen-bond donors (Lipinski definition) is 0. The fraction of sp³-hybridized carbons (Fsp3) is 0.190. The Morgan fingerprint density at radius 3 is 2.61 bits per heavy atom. The highest BCUT2D eigenvalue weighted by molar-refractivity contribution is 7.99. The van der Waals surface area contributed by atoms with Crippen LogP contribution in [0.3, 0.4) is 0 Å².